The second-order valence-corrected chi connectivity index (χ2v) is 7.56. The van der Waals surface area contributed by atoms with Gasteiger partial charge in [0.15, 0.2) is 0 Å². The van der Waals surface area contributed by atoms with Crippen LogP contribution in [0.3, 0.4) is 0 Å². The highest BCUT2D eigenvalue weighted by molar-refractivity contribution is 5.68. The molecule has 0 atom stereocenters. The molecule has 3 nitrogen and oxygen atoms in total. The summed E-state index contributed by atoms with van der Waals surface area (Å²) in [5.41, 5.74) is 5.64. The van der Waals surface area contributed by atoms with Gasteiger partial charge in [-0.05, 0) is 65.3 Å². The van der Waals surface area contributed by atoms with Crippen LogP contribution in [0.15, 0.2) is 66.7 Å². The van der Waals surface area contributed by atoms with E-state index >= 15 is 0 Å². The number of rotatable bonds is 8. The largest absolute Gasteiger partial charge is 0.489 e. The highest BCUT2D eigenvalue weighted by atomic mass is 16.5. The van der Waals surface area contributed by atoms with E-state index in [2.05, 4.69) is 31.2 Å². The van der Waals surface area contributed by atoms with E-state index in [9.17, 15) is 5.11 Å². The van der Waals surface area contributed by atoms with Gasteiger partial charge in [-0.1, -0.05) is 68.4 Å². The lowest BCUT2D eigenvalue weighted by Crippen LogP contribution is -2.23. The van der Waals surface area contributed by atoms with E-state index in [0.717, 1.165) is 39.1 Å². The number of aliphatic hydroxyl groups is 2. The van der Waals surface area contributed by atoms with Crippen molar-refractivity contribution in [1.29, 1.82) is 0 Å². The Balaban J connectivity index is 1.71. The molecule has 0 radical (unpaired) electrons. The molecule has 3 aromatic rings. The Morgan fingerprint density at radius 2 is 1.45 bits per heavy atom. The van der Waals surface area contributed by atoms with Crippen LogP contribution >= 0.6 is 0 Å². The maximum absolute atomic E-state index is 10.8. The molecule has 0 saturated carbocycles. The molecule has 0 spiro atoms. The maximum atomic E-state index is 10.8. The van der Waals surface area contributed by atoms with Crippen molar-refractivity contribution < 1.29 is 14.9 Å². The van der Waals surface area contributed by atoms with Crippen molar-refractivity contribution in [2.24, 2.45) is 0 Å². The first kappa shape index (κ1) is 21.1. The van der Waals surface area contributed by atoms with Crippen LogP contribution in [-0.4, -0.2) is 10.2 Å². The quantitative estimate of drug-likeness (QED) is 0.515. The smallest absolute Gasteiger partial charge is 0.119 e. The predicted molar refractivity (Wildman–Crippen MR) is 118 cm³/mol. The molecule has 0 aliphatic rings. The number of ether oxygens (including phenoxy) is 1. The Hall–Kier alpha value is -2.62. The third kappa shape index (κ3) is 4.87. The van der Waals surface area contributed by atoms with E-state index in [1.165, 1.54) is 0 Å². The zero-order chi connectivity index (χ0) is 20.9. The topological polar surface area (TPSA) is 49.7 Å². The third-order valence-electron chi connectivity index (χ3n) is 5.71. The van der Waals surface area contributed by atoms with Crippen molar-refractivity contribution in [2.45, 2.75) is 52.4 Å². The Kier molecular flexibility index (Phi) is 6.73. The maximum Gasteiger partial charge on any atom is 0.119 e. The van der Waals surface area contributed by atoms with Gasteiger partial charge in [-0.2, -0.15) is 0 Å². The minimum atomic E-state index is -0.754. The molecule has 0 aromatic heterocycles. The molecule has 0 fully saturated rings. The average Bonchev–Trinajstić information content (AvgIpc) is 2.78. The number of aliphatic hydroxyl groups excluding tert-OH is 1. The minimum Gasteiger partial charge on any atom is -0.489 e. The second-order valence-electron chi connectivity index (χ2n) is 7.56. The lowest BCUT2D eigenvalue weighted by atomic mass is 9.86. The zero-order valence-electron chi connectivity index (χ0n) is 17.5. The molecule has 0 amide bonds. The van der Waals surface area contributed by atoms with Gasteiger partial charge in [-0.15, -0.1) is 0 Å². The van der Waals surface area contributed by atoms with E-state index in [1.54, 1.807) is 0 Å². The fraction of sp³-hybridized carbons (Fsp3) is 0.308. The molecule has 3 rings (SSSR count). The van der Waals surface area contributed by atoms with Crippen LogP contribution in [-0.2, 0) is 18.8 Å². The summed E-state index contributed by atoms with van der Waals surface area (Å²) in [6.45, 7) is 6.68. The van der Waals surface area contributed by atoms with Crippen LogP contribution in [0, 0.1) is 6.92 Å². The molecule has 3 aromatic carbocycles. The Morgan fingerprint density at radius 1 is 0.828 bits per heavy atom. The van der Waals surface area contributed by atoms with Gasteiger partial charge in [0.25, 0.3) is 0 Å². The molecule has 0 saturated heterocycles. The highest BCUT2D eigenvalue weighted by Crippen LogP contribution is 2.33. The number of hydrogen-bond donors (Lipinski definition) is 2. The van der Waals surface area contributed by atoms with Crippen LogP contribution in [0.1, 0.15) is 48.9 Å². The summed E-state index contributed by atoms with van der Waals surface area (Å²) in [6, 6.07) is 22.1. The van der Waals surface area contributed by atoms with Crippen LogP contribution in [0.4, 0.5) is 0 Å². The van der Waals surface area contributed by atoms with Crippen molar-refractivity contribution >= 4 is 0 Å². The number of aryl methyl sites for hydroxylation is 1. The third-order valence-corrected chi connectivity index (χ3v) is 5.71. The van der Waals surface area contributed by atoms with Gasteiger partial charge in [0, 0.05) is 0 Å². The Morgan fingerprint density at radius 3 is 2.00 bits per heavy atom. The first-order chi connectivity index (χ1) is 14.0. The molecule has 0 aliphatic carbocycles. The summed E-state index contributed by atoms with van der Waals surface area (Å²) in [6.07, 6.45) is 1.41. The van der Waals surface area contributed by atoms with Crippen LogP contribution in [0.2, 0.25) is 0 Å². The van der Waals surface area contributed by atoms with Gasteiger partial charge in [-0.25, -0.2) is 0 Å². The van der Waals surface area contributed by atoms with Crippen molar-refractivity contribution in [1.82, 2.24) is 0 Å². The lowest BCUT2D eigenvalue weighted by molar-refractivity contribution is 0.0283. The van der Waals surface area contributed by atoms with E-state index in [-0.39, 0.29) is 6.61 Å². The second kappa shape index (κ2) is 9.25. The van der Waals surface area contributed by atoms with Crippen molar-refractivity contribution in [2.75, 3.05) is 0 Å². The summed E-state index contributed by atoms with van der Waals surface area (Å²) < 4.78 is 5.88. The highest BCUT2D eigenvalue weighted by Gasteiger charge is 2.25. The van der Waals surface area contributed by atoms with Gasteiger partial charge in [0.1, 0.15) is 12.4 Å². The summed E-state index contributed by atoms with van der Waals surface area (Å²) in [4.78, 5) is 0. The first-order valence-electron chi connectivity index (χ1n) is 10.2. The lowest BCUT2D eigenvalue weighted by Gasteiger charge is -2.26. The van der Waals surface area contributed by atoms with Crippen LogP contribution in [0.5, 0.6) is 5.75 Å². The molecule has 0 aliphatic heterocycles. The monoisotopic (exact) mass is 390 g/mol. The minimum absolute atomic E-state index is 0.0547. The standard InChI is InChI=1S/C26H30O3/c1-4-26(28,5-2)23-12-15-25(19(3)16-23)22-10-13-24(14-11-22)29-18-21-8-6-20(17-27)7-9-21/h6-16,27-28H,4-5,17-18H2,1-3H3. The van der Waals surface area contributed by atoms with E-state index in [4.69, 9.17) is 9.84 Å². The SMILES string of the molecule is CCC(O)(CC)c1ccc(-c2ccc(OCc3ccc(CO)cc3)cc2)c(C)c1. The van der Waals surface area contributed by atoms with Crippen LogP contribution in [0.25, 0.3) is 11.1 Å². The fourth-order valence-electron chi connectivity index (χ4n) is 3.57. The summed E-state index contributed by atoms with van der Waals surface area (Å²) >= 11 is 0. The van der Waals surface area contributed by atoms with E-state index in [0.29, 0.717) is 19.4 Å². The molecule has 152 valence electrons. The van der Waals surface area contributed by atoms with Gasteiger partial charge in [-0.3, -0.25) is 0 Å². The Bertz CT molecular complexity index is 923. The molecule has 29 heavy (non-hydrogen) atoms. The van der Waals surface area contributed by atoms with E-state index in [1.807, 2.05) is 56.3 Å². The van der Waals surface area contributed by atoms with Gasteiger partial charge in [0.2, 0.25) is 0 Å². The van der Waals surface area contributed by atoms with Crippen molar-refractivity contribution in [3.63, 3.8) is 0 Å². The van der Waals surface area contributed by atoms with Crippen LogP contribution < -0.4 is 4.74 Å². The molecule has 2 N–H and O–H groups in total. The molecule has 0 unspecified atom stereocenters. The molecule has 0 bridgehead atoms. The molecular formula is C26H30O3. The molecule has 3 heteroatoms. The summed E-state index contributed by atoms with van der Waals surface area (Å²) in [5.74, 6) is 0.820. The average molecular weight is 391 g/mol. The van der Waals surface area contributed by atoms with E-state index < -0.39 is 5.60 Å². The fourth-order valence-corrected chi connectivity index (χ4v) is 3.57. The normalized spacial score (nSPS) is 11.5. The zero-order valence-corrected chi connectivity index (χ0v) is 17.5. The van der Waals surface area contributed by atoms with Crippen molar-refractivity contribution in [3.8, 4) is 16.9 Å². The van der Waals surface area contributed by atoms with Gasteiger partial charge in [0.05, 0.1) is 12.2 Å². The summed E-state index contributed by atoms with van der Waals surface area (Å²) in [7, 11) is 0. The van der Waals surface area contributed by atoms with Crippen molar-refractivity contribution in [3.05, 3.63) is 89.0 Å². The number of hydrogen-bond acceptors (Lipinski definition) is 3. The first-order valence-corrected chi connectivity index (χ1v) is 10.2. The molecule has 0 heterocycles. The van der Waals surface area contributed by atoms with Gasteiger partial charge >= 0.3 is 0 Å². The van der Waals surface area contributed by atoms with Gasteiger partial charge < -0.3 is 14.9 Å². The summed E-state index contributed by atoms with van der Waals surface area (Å²) in [5, 5.41) is 19.9. The number of benzene rings is 3. The predicted octanol–water partition coefficient (Wildman–Crippen LogP) is 5.74. The Labute approximate surface area is 173 Å². The molecular weight excluding hydrogens is 360 g/mol.